The van der Waals surface area contributed by atoms with Gasteiger partial charge in [0.05, 0.1) is 4.90 Å². The number of halogens is 1. The standard InChI is InChI=1S/C13H18ClNO2S/c1-11-6-8-15(9-7-11)18(16,17)13-4-2-12(10-14)3-5-13/h2-5,11H,6-10H2,1H3. The molecule has 0 unspecified atom stereocenters. The van der Waals surface area contributed by atoms with E-state index in [4.69, 9.17) is 11.6 Å². The second kappa shape index (κ2) is 5.59. The number of rotatable bonds is 3. The Kier molecular flexibility index (Phi) is 4.30. The van der Waals surface area contributed by atoms with Gasteiger partial charge in [-0.3, -0.25) is 0 Å². The number of nitrogens with zero attached hydrogens (tertiary/aromatic N) is 1. The fourth-order valence-corrected chi connectivity index (χ4v) is 3.77. The molecule has 0 saturated carbocycles. The summed E-state index contributed by atoms with van der Waals surface area (Å²) in [6.45, 7) is 3.42. The van der Waals surface area contributed by atoms with Crippen molar-refractivity contribution < 1.29 is 8.42 Å². The SMILES string of the molecule is CC1CCN(S(=O)(=O)c2ccc(CCl)cc2)CC1. The molecule has 0 radical (unpaired) electrons. The van der Waals surface area contributed by atoms with Gasteiger partial charge < -0.3 is 0 Å². The van der Waals surface area contributed by atoms with E-state index in [1.54, 1.807) is 28.6 Å². The molecule has 0 bridgehead atoms. The molecule has 0 aliphatic carbocycles. The number of piperidine rings is 1. The third kappa shape index (κ3) is 2.87. The monoisotopic (exact) mass is 287 g/mol. The van der Waals surface area contributed by atoms with E-state index in [1.807, 2.05) is 0 Å². The highest BCUT2D eigenvalue weighted by molar-refractivity contribution is 7.89. The van der Waals surface area contributed by atoms with Crippen molar-refractivity contribution in [1.29, 1.82) is 0 Å². The molecule has 0 spiro atoms. The summed E-state index contributed by atoms with van der Waals surface area (Å²) in [5.41, 5.74) is 0.933. The van der Waals surface area contributed by atoms with Crippen LogP contribution in [0.1, 0.15) is 25.3 Å². The van der Waals surface area contributed by atoms with Gasteiger partial charge in [0, 0.05) is 19.0 Å². The first-order chi connectivity index (χ1) is 8.54. The molecule has 1 aliphatic heterocycles. The Labute approximate surface area is 114 Å². The molecule has 0 atom stereocenters. The normalized spacial score (nSPS) is 19.0. The largest absolute Gasteiger partial charge is 0.243 e. The molecule has 1 fully saturated rings. The lowest BCUT2D eigenvalue weighted by Crippen LogP contribution is -2.37. The Balaban J connectivity index is 2.19. The summed E-state index contributed by atoms with van der Waals surface area (Å²) in [7, 11) is -3.32. The molecule has 1 aromatic rings. The summed E-state index contributed by atoms with van der Waals surface area (Å²) < 4.78 is 26.4. The first kappa shape index (κ1) is 13.8. The summed E-state index contributed by atoms with van der Waals surface area (Å²) in [5.74, 6) is 1.02. The van der Waals surface area contributed by atoms with Crippen LogP contribution in [-0.2, 0) is 15.9 Å². The van der Waals surface area contributed by atoms with Gasteiger partial charge in [0.1, 0.15) is 0 Å². The van der Waals surface area contributed by atoms with E-state index < -0.39 is 10.0 Å². The molecular formula is C13H18ClNO2S. The van der Waals surface area contributed by atoms with Gasteiger partial charge in [-0.05, 0) is 36.5 Å². The van der Waals surface area contributed by atoms with Gasteiger partial charge in [-0.1, -0.05) is 19.1 Å². The van der Waals surface area contributed by atoms with E-state index in [1.165, 1.54) is 0 Å². The second-order valence-electron chi connectivity index (χ2n) is 4.86. The molecule has 3 nitrogen and oxygen atoms in total. The Hall–Kier alpha value is -0.580. The number of hydrogen-bond donors (Lipinski definition) is 0. The molecule has 0 aromatic heterocycles. The van der Waals surface area contributed by atoms with Crippen LogP contribution in [0.15, 0.2) is 29.2 Å². The highest BCUT2D eigenvalue weighted by Crippen LogP contribution is 2.23. The fraction of sp³-hybridized carbons (Fsp3) is 0.538. The first-order valence-corrected chi connectivity index (χ1v) is 8.16. The lowest BCUT2D eigenvalue weighted by molar-refractivity contribution is 0.288. The lowest BCUT2D eigenvalue weighted by atomic mass is 10.0. The van der Waals surface area contributed by atoms with E-state index in [-0.39, 0.29) is 0 Å². The van der Waals surface area contributed by atoms with Crippen LogP contribution in [0.2, 0.25) is 0 Å². The van der Waals surface area contributed by atoms with Gasteiger partial charge in [0.15, 0.2) is 0 Å². The van der Waals surface area contributed by atoms with Crippen LogP contribution < -0.4 is 0 Å². The van der Waals surface area contributed by atoms with Crippen LogP contribution in [0.5, 0.6) is 0 Å². The maximum absolute atomic E-state index is 12.4. The first-order valence-electron chi connectivity index (χ1n) is 6.19. The number of hydrogen-bond acceptors (Lipinski definition) is 2. The van der Waals surface area contributed by atoms with E-state index in [0.29, 0.717) is 29.8 Å². The third-order valence-corrected chi connectivity index (χ3v) is 5.68. The summed E-state index contributed by atoms with van der Waals surface area (Å²) >= 11 is 5.70. The zero-order valence-corrected chi connectivity index (χ0v) is 12.0. The number of alkyl halides is 1. The maximum atomic E-state index is 12.4. The average Bonchev–Trinajstić information content (AvgIpc) is 2.39. The number of sulfonamides is 1. The lowest BCUT2D eigenvalue weighted by Gasteiger charge is -2.29. The van der Waals surface area contributed by atoms with Crippen molar-refractivity contribution in [2.75, 3.05) is 13.1 Å². The van der Waals surface area contributed by atoms with Crippen molar-refractivity contribution in [3.63, 3.8) is 0 Å². The smallest absolute Gasteiger partial charge is 0.207 e. The minimum Gasteiger partial charge on any atom is -0.207 e. The van der Waals surface area contributed by atoms with Crippen LogP contribution in [-0.4, -0.2) is 25.8 Å². The predicted octanol–water partition coefficient (Wildman–Crippen LogP) is 2.85. The Morgan fingerprint density at radius 2 is 1.78 bits per heavy atom. The van der Waals surface area contributed by atoms with Gasteiger partial charge in [-0.2, -0.15) is 4.31 Å². The highest BCUT2D eigenvalue weighted by atomic mass is 35.5. The van der Waals surface area contributed by atoms with Crippen LogP contribution in [0.25, 0.3) is 0 Å². The van der Waals surface area contributed by atoms with Gasteiger partial charge in [-0.25, -0.2) is 8.42 Å². The third-order valence-electron chi connectivity index (χ3n) is 3.46. The minimum atomic E-state index is -3.32. The highest BCUT2D eigenvalue weighted by Gasteiger charge is 2.27. The van der Waals surface area contributed by atoms with Gasteiger partial charge in [-0.15, -0.1) is 11.6 Å². The zero-order chi connectivity index (χ0) is 13.2. The second-order valence-corrected chi connectivity index (χ2v) is 7.07. The van der Waals surface area contributed by atoms with E-state index in [0.717, 1.165) is 18.4 Å². The van der Waals surface area contributed by atoms with Gasteiger partial charge >= 0.3 is 0 Å². The summed E-state index contributed by atoms with van der Waals surface area (Å²) in [4.78, 5) is 0.367. The molecule has 2 rings (SSSR count). The molecule has 0 N–H and O–H groups in total. The molecule has 1 heterocycles. The van der Waals surface area contributed by atoms with Crippen molar-refractivity contribution in [2.45, 2.75) is 30.5 Å². The average molecular weight is 288 g/mol. The van der Waals surface area contributed by atoms with Crippen LogP contribution in [0, 0.1) is 5.92 Å². The van der Waals surface area contributed by atoms with Crippen molar-refractivity contribution in [3.8, 4) is 0 Å². The minimum absolute atomic E-state index is 0.367. The van der Waals surface area contributed by atoms with E-state index in [9.17, 15) is 8.42 Å². The Morgan fingerprint density at radius 3 is 2.28 bits per heavy atom. The summed E-state index contributed by atoms with van der Waals surface area (Å²) in [5, 5.41) is 0. The molecule has 1 saturated heterocycles. The van der Waals surface area contributed by atoms with Crippen molar-refractivity contribution in [1.82, 2.24) is 4.31 Å². The molecular weight excluding hydrogens is 270 g/mol. The Bertz CT molecular complexity index is 490. The van der Waals surface area contributed by atoms with Crippen LogP contribution in [0.3, 0.4) is 0 Å². The molecule has 1 aliphatic rings. The summed E-state index contributed by atoms with van der Waals surface area (Å²) in [6, 6.07) is 6.83. The molecule has 5 heteroatoms. The zero-order valence-electron chi connectivity index (χ0n) is 10.5. The molecule has 18 heavy (non-hydrogen) atoms. The summed E-state index contributed by atoms with van der Waals surface area (Å²) in [6.07, 6.45) is 1.89. The van der Waals surface area contributed by atoms with Crippen molar-refractivity contribution in [2.24, 2.45) is 5.92 Å². The van der Waals surface area contributed by atoms with Crippen molar-refractivity contribution in [3.05, 3.63) is 29.8 Å². The van der Waals surface area contributed by atoms with Gasteiger partial charge in [0.2, 0.25) is 10.0 Å². The molecule has 100 valence electrons. The quantitative estimate of drug-likeness (QED) is 0.802. The maximum Gasteiger partial charge on any atom is 0.243 e. The van der Waals surface area contributed by atoms with E-state index >= 15 is 0 Å². The fourth-order valence-electron chi connectivity index (χ4n) is 2.12. The van der Waals surface area contributed by atoms with E-state index in [2.05, 4.69) is 6.92 Å². The topological polar surface area (TPSA) is 37.4 Å². The number of benzene rings is 1. The van der Waals surface area contributed by atoms with Crippen LogP contribution >= 0.6 is 11.6 Å². The predicted molar refractivity (Wildman–Crippen MR) is 73.2 cm³/mol. The van der Waals surface area contributed by atoms with Gasteiger partial charge in [0.25, 0.3) is 0 Å². The Morgan fingerprint density at radius 1 is 1.22 bits per heavy atom. The molecule has 0 amide bonds. The molecule has 1 aromatic carbocycles. The van der Waals surface area contributed by atoms with Crippen molar-refractivity contribution >= 4 is 21.6 Å². The van der Waals surface area contributed by atoms with Crippen LogP contribution in [0.4, 0.5) is 0 Å².